The molecule has 0 heterocycles. The largest absolute Gasteiger partial charge is 0.387 e. The highest BCUT2D eigenvalue weighted by molar-refractivity contribution is 5.20. The summed E-state index contributed by atoms with van der Waals surface area (Å²) in [6.07, 6.45) is 2.24. The third-order valence-electron chi connectivity index (χ3n) is 2.99. The molecule has 1 rings (SSSR count). The highest BCUT2D eigenvalue weighted by atomic mass is 16.3. The number of aliphatic hydroxyl groups excluding tert-OH is 1. The van der Waals surface area contributed by atoms with Crippen molar-refractivity contribution >= 4 is 0 Å². The van der Waals surface area contributed by atoms with Gasteiger partial charge in [-0.15, -0.1) is 0 Å². The molecular formula is C14H22O2. The number of aliphatic hydroxyl groups is 2. The smallest absolute Gasteiger partial charge is 0.108 e. The Morgan fingerprint density at radius 1 is 1.06 bits per heavy atom. The van der Waals surface area contributed by atoms with Crippen LogP contribution in [-0.2, 0) is 0 Å². The zero-order valence-corrected chi connectivity index (χ0v) is 10.2. The van der Waals surface area contributed by atoms with Gasteiger partial charge in [0.1, 0.15) is 6.10 Å². The second-order valence-electron chi connectivity index (χ2n) is 4.42. The van der Waals surface area contributed by atoms with Crippen LogP contribution in [0, 0.1) is 0 Å². The van der Waals surface area contributed by atoms with Crippen molar-refractivity contribution < 1.29 is 10.2 Å². The maximum absolute atomic E-state index is 10.5. The number of hydrogen-bond acceptors (Lipinski definition) is 2. The fraction of sp³-hybridized carbons (Fsp3) is 0.571. The fourth-order valence-corrected chi connectivity index (χ4v) is 2.21. The maximum atomic E-state index is 10.5. The molecule has 0 saturated heterocycles. The average molecular weight is 222 g/mol. The lowest BCUT2D eigenvalue weighted by molar-refractivity contribution is -0.0889. The molecule has 2 heteroatoms. The Morgan fingerprint density at radius 3 is 2.00 bits per heavy atom. The van der Waals surface area contributed by atoms with Crippen LogP contribution in [0.25, 0.3) is 0 Å². The molecule has 0 spiro atoms. The van der Waals surface area contributed by atoms with Crippen molar-refractivity contribution in [2.75, 3.05) is 0 Å². The lowest BCUT2D eigenvalue weighted by atomic mass is 9.83. The first kappa shape index (κ1) is 13.2. The Morgan fingerprint density at radius 2 is 1.56 bits per heavy atom. The molecule has 0 unspecified atom stereocenters. The van der Waals surface area contributed by atoms with Gasteiger partial charge in [0, 0.05) is 0 Å². The van der Waals surface area contributed by atoms with E-state index in [0.717, 1.165) is 18.4 Å². The molecule has 2 N–H and O–H groups in total. The molecule has 0 bridgehead atoms. The summed E-state index contributed by atoms with van der Waals surface area (Å²) in [5.74, 6) is 0. The van der Waals surface area contributed by atoms with E-state index in [0.29, 0.717) is 12.8 Å². The van der Waals surface area contributed by atoms with E-state index in [9.17, 15) is 10.2 Å². The quantitative estimate of drug-likeness (QED) is 0.776. The normalized spacial score (nSPS) is 13.8. The van der Waals surface area contributed by atoms with E-state index in [-0.39, 0.29) is 0 Å². The fourth-order valence-electron chi connectivity index (χ4n) is 2.21. The Kier molecular flexibility index (Phi) is 4.97. The van der Waals surface area contributed by atoms with Crippen LogP contribution in [0.4, 0.5) is 0 Å². The molecule has 90 valence electrons. The second-order valence-corrected chi connectivity index (χ2v) is 4.42. The summed E-state index contributed by atoms with van der Waals surface area (Å²) in [7, 11) is 0. The summed E-state index contributed by atoms with van der Waals surface area (Å²) in [5, 5.41) is 20.7. The van der Waals surface area contributed by atoms with E-state index in [1.165, 1.54) is 0 Å². The Hall–Kier alpha value is -0.860. The van der Waals surface area contributed by atoms with Crippen molar-refractivity contribution in [2.24, 2.45) is 0 Å². The molecular weight excluding hydrogens is 200 g/mol. The maximum Gasteiger partial charge on any atom is 0.108 e. The minimum absolute atomic E-state index is 0.636. The molecule has 0 aliphatic heterocycles. The van der Waals surface area contributed by atoms with Gasteiger partial charge in [0.15, 0.2) is 0 Å². The lowest BCUT2D eigenvalue weighted by Crippen LogP contribution is -2.36. The topological polar surface area (TPSA) is 40.5 Å². The number of benzene rings is 1. The number of hydrogen-bond donors (Lipinski definition) is 2. The zero-order chi connectivity index (χ0) is 12.0. The Bertz CT molecular complexity index is 289. The Balaban J connectivity index is 2.86. The molecule has 1 atom stereocenters. The third-order valence-corrected chi connectivity index (χ3v) is 2.99. The average Bonchev–Trinajstić information content (AvgIpc) is 2.30. The second kappa shape index (κ2) is 6.02. The third kappa shape index (κ3) is 3.06. The Labute approximate surface area is 97.9 Å². The van der Waals surface area contributed by atoms with Crippen molar-refractivity contribution in [3.8, 4) is 0 Å². The SMILES string of the molecule is CCCC(O)(CCC)[C@H](O)c1ccccc1. The van der Waals surface area contributed by atoms with Crippen LogP contribution in [-0.4, -0.2) is 15.8 Å². The van der Waals surface area contributed by atoms with E-state index in [4.69, 9.17) is 0 Å². The molecule has 0 aliphatic carbocycles. The molecule has 0 aromatic heterocycles. The summed E-state index contributed by atoms with van der Waals surface area (Å²) in [6, 6.07) is 9.41. The first-order valence-electron chi connectivity index (χ1n) is 6.09. The van der Waals surface area contributed by atoms with Crippen molar-refractivity contribution in [1.29, 1.82) is 0 Å². The molecule has 0 saturated carbocycles. The highest BCUT2D eigenvalue weighted by Crippen LogP contribution is 2.33. The van der Waals surface area contributed by atoms with E-state index in [1.807, 2.05) is 44.2 Å². The van der Waals surface area contributed by atoms with Crippen LogP contribution in [0.2, 0.25) is 0 Å². The van der Waals surface area contributed by atoms with Gasteiger partial charge in [-0.05, 0) is 18.4 Å². The predicted molar refractivity (Wildman–Crippen MR) is 66.2 cm³/mol. The minimum Gasteiger partial charge on any atom is -0.387 e. The summed E-state index contributed by atoms with van der Waals surface area (Å²) >= 11 is 0. The van der Waals surface area contributed by atoms with Crippen LogP contribution < -0.4 is 0 Å². The molecule has 1 aromatic rings. The van der Waals surface area contributed by atoms with Gasteiger partial charge in [0.05, 0.1) is 5.60 Å². The van der Waals surface area contributed by atoms with Gasteiger partial charge in [0.2, 0.25) is 0 Å². The molecule has 0 amide bonds. The van der Waals surface area contributed by atoms with Crippen LogP contribution in [0.5, 0.6) is 0 Å². The van der Waals surface area contributed by atoms with Crippen molar-refractivity contribution in [3.63, 3.8) is 0 Å². The van der Waals surface area contributed by atoms with E-state index in [1.54, 1.807) is 0 Å². The lowest BCUT2D eigenvalue weighted by Gasteiger charge is -2.33. The summed E-state index contributed by atoms with van der Waals surface area (Å²) in [4.78, 5) is 0. The molecule has 0 aliphatic rings. The van der Waals surface area contributed by atoms with E-state index in [2.05, 4.69) is 0 Å². The van der Waals surface area contributed by atoms with Crippen LogP contribution in [0.1, 0.15) is 51.2 Å². The van der Waals surface area contributed by atoms with Crippen LogP contribution in [0.15, 0.2) is 30.3 Å². The zero-order valence-electron chi connectivity index (χ0n) is 10.2. The van der Waals surface area contributed by atoms with E-state index >= 15 is 0 Å². The van der Waals surface area contributed by atoms with Gasteiger partial charge in [-0.25, -0.2) is 0 Å². The molecule has 0 fully saturated rings. The summed E-state index contributed by atoms with van der Waals surface area (Å²) in [5.41, 5.74) is -0.183. The summed E-state index contributed by atoms with van der Waals surface area (Å²) < 4.78 is 0. The molecule has 0 radical (unpaired) electrons. The molecule has 16 heavy (non-hydrogen) atoms. The van der Waals surface area contributed by atoms with Crippen molar-refractivity contribution in [3.05, 3.63) is 35.9 Å². The van der Waals surface area contributed by atoms with Crippen LogP contribution in [0.3, 0.4) is 0 Å². The van der Waals surface area contributed by atoms with Crippen LogP contribution >= 0.6 is 0 Å². The minimum atomic E-state index is -0.981. The first-order valence-corrected chi connectivity index (χ1v) is 6.09. The monoisotopic (exact) mass is 222 g/mol. The van der Waals surface area contributed by atoms with Gasteiger partial charge in [-0.3, -0.25) is 0 Å². The van der Waals surface area contributed by atoms with E-state index < -0.39 is 11.7 Å². The molecule has 2 nitrogen and oxygen atoms in total. The number of rotatable bonds is 6. The predicted octanol–water partition coefficient (Wildman–Crippen LogP) is 3.05. The van der Waals surface area contributed by atoms with Gasteiger partial charge < -0.3 is 10.2 Å². The van der Waals surface area contributed by atoms with Gasteiger partial charge >= 0.3 is 0 Å². The van der Waals surface area contributed by atoms with Crippen molar-refractivity contribution in [2.45, 2.75) is 51.2 Å². The van der Waals surface area contributed by atoms with Crippen molar-refractivity contribution in [1.82, 2.24) is 0 Å². The van der Waals surface area contributed by atoms with Gasteiger partial charge in [0.25, 0.3) is 0 Å². The summed E-state index contributed by atoms with van der Waals surface area (Å²) in [6.45, 7) is 4.05. The van der Waals surface area contributed by atoms with Gasteiger partial charge in [-0.2, -0.15) is 0 Å². The highest BCUT2D eigenvalue weighted by Gasteiger charge is 2.34. The standard InChI is InChI=1S/C14H22O2/c1-3-10-14(16,11-4-2)13(15)12-8-6-5-7-9-12/h5-9,13,15-16H,3-4,10-11H2,1-2H3/t13-/m1/s1. The molecule has 1 aromatic carbocycles. The van der Waals surface area contributed by atoms with Gasteiger partial charge in [-0.1, -0.05) is 57.0 Å². The first-order chi connectivity index (χ1) is 7.64.